The smallest absolute Gasteiger partial charge is 0.407 e. The lowest BCUT2D eigenvalue weighted by atomic mass is 10.0. The number of alkyl carbamates (subject to hydrolysis) is 1. The van der Waals surface area contributed by atoms with Gasteiger partial charge < -0.3 is 40.0 Å². The Morgan fingerprint density at radius 3 is 2.27 bits per heavy atom. The summed E-state index contributed by atoms with van der Waals surface area (Å²) in [6, 6.07) is 23.1. The van der Waals surface area contributed by atoms with E-state index in [1.54, 1.807) is 58.1 Å². The molecule has 12 heteroatoms. The summed E-state index contributed by atoms with van der Waals surface area (Å²) in [6.07, 6.45) is 0.884. The summed E-state index contributed by atoms with van der Waals surface area (Å²) in [5.74, 6) is -0.125. The van der Waals surface area contributed by atoms with Crippen molar-refractivity contribution in [1.82, 2.24) is 15.2 Å². The van der Waals surface area contributed by atoms with Gasteiger partial charge >= 0.3 is 6.09 Å². The minimum Gasteiger partial charge on any atom is -0.496 e. The average Bonchev–Trinajstić information content (AvgIpc) is 3.42. The van der Waals surface area contributed by atoms with Crippen LogP contribution in [0.4, 0.5) is 10.5 Å². The number of ether oxygens (including phenoxy) is 3. The third kappa shape index (κ3) is 8.69. The van der Waals surface area contributed by atoms with Crippen LogP contribution >= 0.6 is 0 Å². The summed E-state index contributed by atoms with van der Waals surface area (Å²) in [5, 5.41) is 5.48. The Balaban J connectivity index is 1.32. The highest BCUT2D eigenvalue weighted by atomic mass is 16.6. The number of carbonyl (C=O) groups is 4. The summed E-state index contributed by atoms with van der Waals surface area (Å²) in [7, 11) is 3.17. The maximum Gasteiger partial charge on any atom is 0.407 e. The van der Waals surface area contributed by atoms with Gasteiger partial charge in [0.2, 0.25) is 5.91 Å². The van der Waals surface area contributed by atoms with Crippen molar-refractivity contribution in [3.8, 4) is 22.6 Å². The maximum absolute atomic E-state index is 14.2. The van der Waals surface area contributed by atoms with Gasteiger partial charge in [-0.1, -0.05) is 36.4 Å². The van der Waals surface area contributed by atoms with Crippen molar-refractivity contribution in [1.29, 1.82) is 0 Å². The van der Waals surface area contributed by atoms with Gasteiger partial charge in [-0.05, 0) is 88.1 Å². The van der Waals surface area contributed by atoms with Crippen LogP contribution in [0.25, 0.3) is 11.1 Å². The number of fused-ring (bicyclic) bond motifs is 2. The van der Waals surface area contributed by atoms with Crippen LogP contribution in [0.3, 0.4) is 0 Å². The number of nitrogens with two attached hydrogens (primary N) is 1. The molecule has 0 bridgehead atoms. The van der Waals surface area contributed by atoms with E-state index in [1.165, 1.54) is 0 Å². The molecule has 12 nitrogen and oxygen atoms in total. The van der Waals surface area contributed by atoms with Crippen molar-refractivity contribution >= 4 is 29.5 Å². The molecule has 0 unspecified atom stereocenters. The molecular weight excluding hydrogens is 650 g/mol. The van der Waals surface area contributed by atoms with Crippen LogP contribution in [0.2, 0.25) is 0 Å². The van der Waals surface area contributed by atoms with E-state index in [-0.39, 0.29) is 12.5 Å². The van der Waals surface area contributed by atoms with Gasteiger partial charge in [-0.2, -0.15) is 0 Å². The van der Waals surface area contributed by atoms with Crippen molar-refractivity contribution in [3.63, 3.8) is 0 Å². The van der Waals surface area contributed by atoms with Crippen molar-refractivity contribution in [3.05, 3.63) is 101 Å². The highest BCUT2D eigenvalue weighted by Gasteiger charge is 2.29. The fourth-order valence-electron chi connectivity index (χ4n) is 6.10. The van der Waals surface area contributed by atoms with Crippen LogP contribution in [-0.2, 0) is 22.6 Å². The molecule has 0 spiro atoms. The van der Waals surface area contributed by atoms with Crippen molar-refractivity contribution in [2.45, 2.75) is 64.8 Å². The molecule has 0 aliphatic carbocycles. The summed E-state index contributed by atoms with van der Waals surface area (Å²) in [5.41, 5.74) is 9.79. The molecule has 0 saturated heterocycles. The first-order valence-corrected chi connectivity index (χ1v) is 16.9. The number of carbonyl (C=O) groups excluding carboxylic acids is 4. The molecule has 0 saturated carbocycles. The van der Waals surface area contributed by atoms with Gasteiger partial charge in [-0.3, -0.25) is 14.4 Å². The SMILES string of the molecule is COc1ccccc1-c1ccc(C(=O)N2Cc3ccc(C(=O)N[C@@H](CCCCNC(=O)OC(C)(C)C)C(N)=O)n3Cc3ccccc32)cc1OC. The molecule has 0 radical (unpaired) electrons. The Morgan fingerprint density at radius 2 is 1.55 bits per heavy atom. The maximum atomic E-state index is 14.2. The third-order valence-electron chi connectivity index (χ3n) is 8.56. The predicted molar refractivity (Wildman–Crippen MR) is 194 cm³/mol. The second-order valence-corrected chi connectivity index (χ2v) is 13.3. The molecule has 3 aromatic carbocycles. The first kappa shape index (κ1) is 36.5. The highest BCUT2D eigenvalue weighted by Crippen LogP contribution is 2.38. The standard InChI is InChI=1S/C39H45N5O7/c1-39(2,3)51-38(48)41-21-11-10-14-30(35(40)45)42-36(46)32-20-18-27-24-44(31-15-8-6-12-26(31)23-43(27)32)37(47)25-17-19-29(34(22-25)50-5)28-13-7-9-16-33(28)49-4/h6-9,12-13,15-20,22,30H,10-11,14,21,23-24H2,1-5H3,(H2,40,45)(H,41,48)(H,42,46)/t30-/m0/s1. The van der Waals surface area contributed by atoms with Crippen LogP contribution < -0.4 is 30.7 Å². The Labute approximate surface area is 297 Å². The van der Waals surface area contributed by atoms with Gasteiger partial charge in [0.15, 0.2) is 0 Å². The Bertz CT molecular complexity index is 1910. The van der Waals surface area contributed by atoms with Gasteiger partial charge in [0.1, 0.15) is 28.8 Å². The normalized spacial score (nSPS) is 12.8. The average molecular weight is 696 g/mol. The van der Waals surface area contributed by atoms with Crippen molar-refractivity contribution in [2.24, 2.45) is 5.73 Å². The summed E-state index contributed by atoms with van der Waals surface area (Å²) < 4.78 is 18.4. The Kier molecular flexibility index (Phi) is 11.3. The number of hydrogen-bond donors (Lipinski definition) is 3. The monoisotopic (exact) mass is 695 g/mol. The van der Waals surface area contributed by atoms with E-state index in [4.69, 9.17) is 19.9 Å². The number of benzene rings is 3. The highest BCUT2D eigenvalue weighted by molar-refractivity contribution is 6.07. The number of para-hydroxylation sites is 2. The Hall–Kier alpha value is -5.78. The summed E-state index contributed by atoms with van der Waals surface area (Å²) >= 11 is 0. The van der Waals surface area contributed by atoms with Crippen LogP contribution in [0.1, 0.15) is 72.1 Å². The molecule has 4 N–H and O–H groups in total. The number of nitrogens with zero attached hydrogens (tertiary/aromatic N) is 2. The number of methoxy groups -OCH3 is 2. The number of amides is 4. The summed E-state index contributed by atoms with van der Waals surface area (Å²) in [4.78, 5) is 53.8. The lowest BCUT2D eigenvalue weighted by Gasteiger charge is -2.23. The molecule has 5 rings (SSSR count). The lowest BCUT2D eigenvalue weighted by molar-refractivity contribution is -0.120. The third-order valence-corrected chi connectivity index (χ3v) is 8.56. The van der Waals surface area contributed by atoms with Gasteiger partial charge in [-0.25, -0.2) is 4.79 Å². The van der Waals surface area contributed by atoms with E-state index in [9.17, 15) is 19.2 Å². The number of hydrogen-bond acceptors (Lipinski definition) is 7. The van der Waals surface area contributed by atoms with E-state index >= 15 is 0 Å². The number of primary amides is 1. The topological polar surface area (TPSA) is 154 Å². The van der Waals surface area contributed by atoms with Gasteiger partial charge in [0.25, 0.3) is 11.8 Å². The quantitative estimate of drug-likeness (QED) is 0.162. The minimum atomic E-state index is -0.907. The fraction of sp³-hybridized carbons (Fsp3) is 0.333. The zero-order chi connectivity index (χ0) is 36.7. The molecule has 1 aliphatic heterocycles. The first-order chi connectivity index (χ1) is 24.4. The number of nitrogens with one attached hydrogen (secondary N) is 2. The molecular formula is C39H45N5O7. The van der Waals surface area contributed by atoms with E-state index in [0.29, 0.717) is 55.1 Å². The zero-order valence-electron chi connectivity index (χ0n) is 29.7. The van der Waals surface area contributed by atoms with Gasteiger partial charge in [0.05, 0.1) is 27.3 Å². The lowest BCUT2D eigenvalue weighted by Crippen LogP contribution is -2.45. The number of anilines is 1. The molecule has 51 heavy (non-hydrogen) atoms. The molecule has 268 valence electrons. The number of rotatable bonds is 12. The summed E-state index contributed by atoms with van der Waals surface area (Å²) in [6.45, 7) is 6.24. The molecule has 1 aromatic heterocycles. The molecule has 0 fully saturated rings. The molecule has 1 atom stereocenters. The molecule has 2 heterocycles. The second-order valence-electron chi connectivity index (χ2n) is 13.3. The molecule has 4 amide bonds. The van der Waals surface area contributed by atoms with Crippen LogP contribution in [0.5, 0.6) is 11.5 Å². The van der Waals surface area contributed by atoms with E-state index in [2.05, 4.69) is 10.6 Å². The zero-order valence-corrected chi connectivity index (χ0v) is 29.7. The first-order valence-electron chi connectivity index (χ1n) is 16.9. The fourth-order valence-corrected chi connectivity index (χ4v) is 6.10. The van der Waals surface area contributed by atoms with Crippen LogP contribution in [-0.4, -0.2) is 60.8 Å². The second kappa shape index (κ2) is 15.8. The molecule has 4 aromatic rings. The number of aromatic nitrogens is 1. The van der Waals surface area contributed by atoms with Crippen molar-refractivity contribution < 1.29 is 33.4 Å². The predicted octanol–water partition coefficient (Wildman–Crippen LogP) is 5.66. The number of unbranched alkanes of at least 4 members (excludes halogenated alkanes) is 1. The minimum absolute atomic E-state index is 0.198. The van der Waals surface area contributed by atoms with Crippen molar-refractivity contribution in [2.75, 3.05) is 25.7 Å². The van der Waals surface area contributed by atoms with E-state index in [0.717, 1.165) is 28.1 Å². The van der Waals surface area contributed by atoms with Crippen LogP contribution in [0, 0.1) is 0 Å². The van der Waals surface area contributed by atoms with E-state index < -0.39 is 29.6 Å². The van der Waals surface area contributed by atoms with Gasteiger partial charge in [0, 0.05) is 34.6 Å². The molecule has 1 aliphatic rings. The van der Waals surface area contributed by atoms with E-state index in [1.807, 2.05) is 65.2 Å². The Morgan fingerprint density at radius 1 is 0.843 bits per heavy atom. The van der Waals surface area contributed by atoms with Gasteiger partial charge in [-0.15, -0.1) is 0 Å². The largest absolute Gasteiger partial charge is 0.496 e. The van der Waals surface area contributed by atoms with Crippen LogP contribution in [0.15, 0.2) is 78.9 Å².